The summed E-state index contributed by atoms with van der Waals surface area (Å²) in [6.45, 7) is 0.487. The van der Waals surface area contributed by atoms with Crippen molar-refractivity contribution >= 4 is 21.6 Å². The van der Waals surface area contributed by atoms with Crippen molar-refractivity contribution in [2.24, 2.45) is 0 Å². The van der Waals surface area contributed by atoms with Crippen LogP contribution in [0.3, 0.4) is 0 Å². The van der Waals surface area contributed by atoms with Crippen molar-refractivity contribution in [1.82, 2.24) is 5.32 Å². The molecule has 0 heterocycles. The number of nitrogens with one attached hydrogen (secondary N) is 2. The molecule has 0 bridgehead atoms. The molecule has 1 saturated carbocycles. The third kappa shape index (κ3) is 4.56. The third-order valence-corrected chi connectivity index (χ3v) is 6.94. The molecule has 160 valence electrons. The molecule has 6 nitrogen and oxygen atoms in total. The monoisotopic (exact) mass is 436 g/mol. The predicted molar refractivity (Wildman–Crippen MR) is 119 cm³/mol. The van der Waals surface area contributed by atoms with Gasteiger partial charge in [0.2, 0.25) is 5.91 Å². The van der Waals surface area contributed by atoms with E-state index in [1.54, 1.807) is 24.3 Å². The minimum absolute atomic E-state index is 0.00270. The highest BCUT2D eigenvalue weighted by molar-refractivity contribution is 7.92. The lowest BCUT2D eigenvalue weighted by Crippen LogP contribution is -2.34. The largest absolute Gasteiger partial charge is 0.497 e. The average molecular weight is 437 g/mol. The Morgan fingerprint density at radius 1 is 0.935 bits per heavy atom. The lowest BCUT2D eigenvalue weighted by Gasteiger charge is -2.17. The molecule has 1 aliphatic carbocycles. The third-order valence-electron chi connectivity index (χ3n) is 5.54. The first-order valence-electron chi connectivity index (χ1n) is 10.0. The highest BCUT2D eigenvalue weighted by atomic mass is 32.2. The summed E-state index contributed by atoms with van der Waals surface area (Å²) in [6, 6.07) is 23.0. The van der Waals surface area contributed by atoms with Gasteiger partial charge in [-0.1, -0.05) is 42.5 Å². The number of sulfonamides is 1. The zero-order chi connectivity index (χ0) is 21.9. The molecule has 0 radical (unpaired) electrons. The van der Waals surface area contributed by atoms with Crippen molar-refractivity contribution in [3.63, 3.8) is 0 Å². The number of ether oxygens (including phenoxy) is 1. The fourth-order valence-electron chi connectivity index (χ4n) is 3.55. The molecule has 4 rings (SSSR count). The quantitative estimate of drug-likeness (QED) is 0.562. The SMILES string of the molecule is COc1ccc(S(=O)(=O)Nc2ccc(C3(C(=O)NCc4ccccc4)CC3)cc2)cc1. The molecular weight excluding hydrogens is 412 g/mol. The van der Waals surface area contributed by atoms with Gasteiger partial charge in [-0.2, -0.15) is 0 Å². The minimum Gasteiger partial charge on any atom is -0.497 e. The smallest absolute Gasteiger partial charge is 0.261 e. The van der Waals surface area contributed by atoms with Crippen LogP contribution in [0.1, 0.15) is 24.0 Å². The summed E-state index contributed by atoms with van der Waals surface area (Å²) in [6.07, 6.45) is 1.56. The summed E-state index contributed by atoms with van der Waals surface area (Å²) in [7, 11) is -2.19. The van der Waals surface area contributed by atoms with Crippen molar-refractivity contribution in [2.75, 3.05) is 11.8 Å². The molecule has 0 saturated heterocycles. The van der Waals surface area contributed by atoms with E-state index in [4.69, 9.17) is 4.74 Å². The zero-order valence-corrected chi connectivity index (χ0v) is 18.0. The molecule has 0 unspecified atom stereocenters. The van der Waals surface area contributed by atoms with Crippen molar-refractivity contribution in [3.05, 3.63) is 90.0 Å². The van der Waals surface area contributed by atoms with E-state index in [0.717, 1.165) is 24.0 Å². The van der Waals surface area contributed by atoms with E-state index >= 15 is 0 Å². The maximum atomic E-state index is 12.8. The van der Waals surface area contributed by atoms with Gasteiger partial charge in [-0.05, 0) is 60.4 Å². The Kier molecular flexibility index (Phi) is 5.69. The van der Waals surface area contributed by atoms with Gasteiger partial charge in [-0.3, -0.25) is 9.52 Å². The molecule has 31 heavy (non-hydrogen) atoms. The second-order valence-corrected chi connectivity index (χ2v) is 9.29. The topological polar surface area (TPSA) is 84.5 Å². The van der Waals surface area contributed by atoms with Crippen LogP contribution in [0, 0.1) is 0 Å². The number of amides is 1. The van der Waals surface area contributed by atoms with Crippen LogP contribution < -0.4 is 14.8 Å². The first-order chi connectivity index (χ1) is 14.9. The number of carbonyl (C=O) groups excluding carboxylic acids is 1. The van der Waals surface area contributed by atoms with E-state index in [1.807, 2.05) is 42.5 Å². The summed E-state index contributed by atoms with van der Waals surface area (Å²) >= 11 is 0. The molecule has 0 atom stereocenters. The fourth-order valence-corrected chi connectivity index (χ4v) is 4.60. The number of benzene rings is 3. The van der Waals surface area contributed by atoms with Crippen LogP contribution in [0.5, 0.6) is 5.75 Å². The van der Waals surface area contributed by atoms with Gasteiger partial charge in [-0.25, -0.2) is 8.42 Å². The van der Waals surface area contributed by atoms with E-state index in [1.165, 1.54) is 19.2 Å². The van der Waals surface area contributed by atoms with Crippen LogP contribution in [0.25, 0.3) is 0 Å². The van der Waals surface area contributed by atoms with Crippen molar-refractivity contribution < 1.29 is 17.9 Å². The number of methoxy groups -OCH3 is 1. The molecule has 2 N–H and O–H groups in total. The number of carbonyl (C=O) groups is 1. The standard InChI is InChI=1S/C24H24N2O4S/c1-30-21-11-13-22(14-12-21)31(28,29)26-20-9-7-19(8-10-20)24(15-16-24)23(27)25-17-18-5-3-2-4-6-18/h2-14,26H,15-17H2,1H3,(H,25,27). The number of hydrogen-bond donors (Lipinski definition) is 2. The van der Waals surface area contributed by atoms with Gasteiger partial charge in [0.15, 0.2) is 0 Å². The van der Waals surface area contributed by atoms with Crippen LogP contribution >= 0.6 is 0 Å². The van der Waals surface area contributed by atoms with E-state index in [2.05, 4.69) is 10.0 Å². The van der Waals surface area contributed by atoms with Crippen LogP contribution in [-0.4, -0.2) is 21.4 Å². The molecule has 0 spiro atoms. The molecule has 0 aliphatic heterocycles. The van der Waals surface area contributed by atoms with Crippen molar-refractivity contribution in [2.45, 2.75) is 29.7 Å². The van der Waals surface area contributed by atoms with Gasteiger partial charge < -0.3 is 10.1 Å². The number of rotatable bonds is 8. The minimum atomic E-state index is -3.71. The van der Waals surface area contributed by atoms with Crippen molar-refractivity contribution in [3.8, 4) is 5.75 Å². The maximum absolute atomic E-state index is 12.8. The van der Waals surface area contributed by atoms with E-state index in [0.29, 0.717) is 18.0 Å². The lowest BCUT2D eigenvalue weighted by atomic mass is 9.94. The van der Waals surface area contributed by atoms with Crippen LogP contribution in [0.2, 0.25) is 0 Å². The summed E-state index contributed by atoms with van der Waals surface area (Å²) in [5.74, 6) is 0.589. The summed E-state index contributed by atoms with van der Waals surface area (Å²) < 4.78 is 32.9. The maximum Gasteiger partial charge on any atom is 0.261 e. The first-order valence-corrected chi connectivity index (χ1v) is 11.5. The van der Waals surface area contributed by atoms with Crippen LogP contribution in [-0.2, 0) is 26.8 Å². The number of anilines is 1. The van der Waals surface area contributed by atoms with E-state index in [9.17, 15) is 13.2 Å². The van der Waals surface area contributed by atoms with Gasteiger partial charge in [-0.15, -0.1) is 0 Å². The molecule has 1 fully saturated rings. The summed E-state index contributed by atoms with van der Waals surface area (Å²) in [5, 5.41) is 3.02. The van der Waals surface area contributed by atoms with Gasteiger partial charge in [0, 0.05) is 12.2 Å². The van der Waals surface area contributed by atoms with Gasteiger partial charge in [0.05, 0.1) is 17.4 Å². The Balaban J connectivity index is 1.43. The van der Waals surface area contributed by atoms with E-state index < -0.39 is 15.4 Å². The first kappa shape index (κ1) is 20.9. The van der Waals surface area contributed by atoms with Gasteiger partial charge in [0.25, 0.3) is 10.0 Å². The van der Waals surface area contributed by atoms with Crippen LogP contribution in [0.15, 0.2) is 83.8 Å². The molecule has 0 aromatic heterocycles. The highest BCUT2D eigenvalue weighted by Gasteiger charge is 2.51. The van der Waals surface area contributed by atoms with Crippen LogP contribution in [0.4, 0.5) is 5.69 Å². The molecule has 3 aromatic rings. The Morgan fingerprint density at radius 2 is 1.58 bits per heavy atom. The van der Waals surface area contributed by atoms with Crippen molar-refractivity contribution in [1.29, 1.82) is 0 Å². The Hall–Kier alpha value is -3.32. The molecule has 1 amide bonds. The van der Waals surface area contributed by atoms with Gasteiger partial charge >= 0.3 is 0 Å². The number of hydrogen-bond acceptors (Lipinski definition) is 4. The second-order valence-electron chi connectivity index (χ2n) is 7.61. The van der Waals surface area contributed by atoms with E-state index in [-0.39, 0.29) is 10.8 Å². The lowest BCUT2D eigenvalue weighted by molar-refractivity contribution is -0.123. The summed E-state index contributed by atoms with van der Waals surface area (Å²) in [5.41, 5.74) is 1.86. The van der Waals surface area contributed by atoms with Gasteiger partial charge in [0.1, 0.15) is 5.75 Å². The highest BCUT2D eigenvalue weighted by Crippen LogP contribution is 2.48. The predicted octanol–water partition coefficient (Wildman–Crippen LogP) is 3.84. The second kappa shape index (κ2) is 8.43. The molecule has 3 aromatic carbocycles. The molecule has 1 aliphatic rings. The average Bonchev–Trinajstić information content (AvgIpc) is 3.60. The molecular formula is C24H24N2O4S. The Bertz CT molecular complexity index is 1150. The Morgan fingerprint density at radius 3 is 2.16 bits per heavy atom. The Labute approximate surface area is 182 Å². The summed E-state index contributed by atoms with van der Waals surface area (Å²) in [4.78, 5) is 13.0. The normalized spacial score (nSPS) is 14.5. The molecule has 7 heteroatoms. The zero-order valence-electron chi connectivity index (χ0n) is 17.2. The fraction of sp³-hybridized carbons (Fsp3) is 0.208.